The number of pyridine rings is 1. The third-order valence-corrected chi connectivity index (χ3v) is 15.0. The van der Waals surface area contributed by atoms with Crippen molar-refractivity contribution in [2.75, 3.05) is 58.4 Å². The average molecular weight is 849 g/mol. The molecule has 4 aromatic rings. The third kappa shape index (κ3) is 7.98. The number of rotatable bonds is 7. The highest BCUT2D eigenvalue weighted by Crippen LogP contribution is 2.54. The number of piperazine rings is 1. The van der Waals surface area contributed by atoms with Crippen molar-refractivity contribution in [1.29, 1.82) is 0 Å². The van der Waals surface area contributed by atoms with Crippen molar-refractivity contribution in [3.63, 3.8) is 0 Å². The van der Waals surface area contributed by atoms with Gasteiger partial charge < -0.3 is 29.2 Å². The van der Waals surface area contributed by atoms with E-state index in [0.717, 1.165) is 90.9 Å². The largest absolute Gasteiger partial charge is 0.464 e. The van der Waals surface area contributed by atoms with Crippen molar-refractivity contribution in [3.8, 4) is 22.5 Å². The molecule has 4 fully saturated rings. The fourth-order valence-corrected chi connectivity index (χ4v) is 11.3. The van der Waals surface area contributed by atoms with Crippen LogP contribution in [0.3, 0.4) is 0 Å². The Morgan fingerprint density at radius 3 is 2.67 bits per heavy atom. The molecule has 324 valence electrons. The van der Waals surface area contributed by atoms with Gasteiger partial charge in [-0.2, -0.15) is 0 Å². The SMILES string of the molecule is CO[C@@H](C)c1ncc(N2CCN(C)CC2)cc1-c1c2c3cc(cc4c3n1CCC4)-c1csc(n1)C[C@H](NC(=O)[C@@H]1C[C@H]1C1CC1)C(=O)N1CCC[C@H](N1)C(=O)OCC(C)(C)C2. The number of carbonyl (C=O) groups is 3. The first-order chi connectivity index (χ1) is 29.4. The number of thiazole rings is 1. The molecule has 6 aliphatic rings. The van der Waals surface area contributed by atoms with Gasteiger partial charge in [0.25, 0.3) is 5.91 Å². The van der Waals surface area contributed by atoms with Crippen molar-refractivity contribution < 1.29 is 23.9 Å². The number of cyclic esters (lactones) is 1. The third-order valence-electron chi connectivity index (χ3n) is 14.2. The predicted molar refractivity (Wildman–Crippen MR) is 236 cm³/mol. The van der Waals surface area contributed by atoms with Gasteiger partial charge in [0.2, 0.25) is 5.91 Å². The molecule has 13 nitrogen and oxygen atoms in total. The van der Waals surface area contributed by atoms with E-state index in [4.69, 9.17) is 19.4 Å². The number of aromatic nitrogens is 3. The van der Waals surface area contributed by atoms with E-state index in [1.165, 1.54) is 51.2 Å². The molecule has 7 heterocycles. The van der Waals surface area contributed by atoms with Crippen LogP contribution in [0, 0.1) is 23.2 Å². The second-order valence-electron chi connectivity index (χ2n) is 19.4. The van der Waals surface area contributed by atoms with Gasteiger partial charge in [-0.1, -0.05) is 13.8 Å². The Balaban J connectivity index is 1.09. The van der Waals surface area contributed by atoms with E-state index in [0.29, 0.717) is 37.6 Å². The minimum Gasteiger partial charge on any atom is -0.464 e. The highest BCUT2D eigenvalue weighted by atomic mass is 32.1. The Hall–Kier alpha value is -4.37. The molecule has 2 aliphatic carbocycles. The average Bonchev–Trinajstić information content (AvgIpc) is 4.19. The summed E-state index contributed by atoms with van der Waals surface area (Å²) in [7, 11) is 3.92. The molecule has 5 atom stereocenters. The molecule has 0 radical (unpaired) electrons. The minimum absolute atomic E-state index is 0.0328. The van der Waals surface area contributed by atoms with Crippen LogP contribution in [0.1, 0.15) is 87.2 Å². The molecule has 61 heavy (non-hydrogen) atoms. The molecular formula is C47H60N8O5S. The number of hydrogen-bond donors (Lipinski definition) is 2. The smallest absolute Gasteiger partial charge is 0.324 e. The zero-order valence-corrected chi connectivity index (χ0v) is 37.1. The topological polar surface area (TPSA) is 134 Å². The standard InChI is InChI=1S/C47H60N8O5S/c1-27(59-5)41-35(20-31(24-48-41)53-16-14-52(4)15-17-53)43-36-23-47(2,3)26-60-46(58)37-9-7-13-55(51-37)45(57)38(50-44(56)34-21-32(34)28-10-11-28)22-40-49-39(25-61-40)30-18-29-8-6-12-54(43)42(29)33(36)19-30/h18-20,24-25,27-28,32,34,37-38,51H,6-17,21-23,26H2,1-5H3,(H,50,56)/t27-,32-,34+,37-,38-/m0/s1. The summed E-state index contributed by atoms with van der Waals surface area (Å²) < 4.78 is 14.7. The van der Waals surface area contributed by atoms with Gasteiger partial charge in [0, 0.05) is 86.0 Å². The van der Waals surface area contributed by atoms with Gasteiger partial charge in [-0.3, -0.25) is 24.4 Å². The van der Waals surface area contributed by atoms with E-state index in [9.17, 15) is 14.4 Å². The first-order valence-corrected chi connectivity index (χ1v) is 23.5. The summed E-state index contributed by atoms with van der Waals surface area (Å²) in [5, 5.41) is 8.76. The van der Waals surface area contributed by atoms with Crippen LogP contribution in [0.5, 0.6) is 0 Å². The lowest BCUT2D eigenvalue weighted by Gasteiger charge is -2.35. The fraction of sp³-hybridized carbons (Fsp3) is 0.596. The molecule has 6 bridgehead atoms. The van der Waals surface area contributed by atoms with E-state index < -0.39 is 17.5 Å². The number of benzene rings is 1. The molecule has 0 spiro atoms. The van der Waals surface area contributed by atoms with E-state index >= 15 is 0 Å². The quantitative estimate of drug-likeness (QED) is 0.216. The Kier molecular flexibility index (Phi) is 10.7. The minimum atomic E-state index is -0.808. The van der Waals surface area contributed by atoms with Crippen LogP contribution < -0.4 is 15.6 Å². The highest BCUT2D eigenvalue weighted by molar-refractivity contribution is 7.10. The van der Waals surface area contributed by atoms with Crippen molar-refractivity contribution in [1.82, 2.24) is 35.2 Å². The maximum atomic E-state index is 14.3. The van der Waals surface area contributed by atoms with E-state index in [1.54, 1.807) is 7.11 Å². The fourth-order valence-electron chi connectivity index (χ4n) is 10.4. The Morgan fingerprint density at radius 2 is 1.89 bits per heavy atom. The summed E-state index contributed by atoms with van der Waals surface area (Å²) in [5.74, 6) is 0.386. The predicted octanol–water partition coefficient (Wildman–Crippen LogP) is 5.93. The first-order valence-electron chi connectivity index (χ1n) is 22.6. The summed E-state index contributed by atoms with van der Waals surface area (Å²) >= 11 is 1.53. The van der Waals surface area contributed by atoms with E-state index in [2.05, 4.69) is 76.5 Å². The molecule has 3 aromatic heterocycles. The summed E-state index contributed by atoms with van der Waals surface area (Å²) in [4.78, 5) is 57.0. The Labute approximate surface area is 362 Å². The number of hydrogen-bond acceptors (Lipinski definition) is 11. The van der Waals surface area contributed by atoms with E-state index in [1.807, 2.05) is 6.20 Å². The summed E-state index contributed by atoms with van der Waals surface area (Å²) in [6.45, 7) is 11.8. The maximum Gasteiger partial charge on any atom is 0.324 e. The van der Waals surface area contributed by atoms with Crippen LogP contribution in [-0.4, -0.2) is 108 Å². The number of carbonyl (C=O) groups excluding carboxylic acids is 3. The lowest BCUT2D eigenvalue weighted by atomic mass is 9.84. The van der Waals surface area contributed by atoms with Crippen molar-refractivity contribution in [2.45, 2.75) is 103 Å². The van der Waals surface area contributed by atoms with Gasteiger partial charge in [0.05, 0.1) is 52.2 Å². The number of ether oxygens (including phenoxy) is 2. The molecular weight excluding hydrogens is 789 g/mol. The molecule has 2 saturated heterocycles. The number of nitrogens with one attached hydrogen (secondary N) is 2. The number of hydrazine groups is 1. The maximum absolute atomic E-state index is 14.3. The van der Waals surface area contributed by atoms with Crippen LogP contribution in [0.2, 0.25) is 0 Å². The van der Waals surface area contributed by atoms with Crippen molar-refractivity contribution >= 4 is 45.7 Å². The molecule has 2 saturated carbocycles. The summed E-state index contributed by atoms with van der Waals surface area (Å²) in [6.07, 6.45) is 9.13. The number of methoxy groups -OCH3 is 1. The number of amides is 2. The van der Waals surface area contributed by atoms with Gasteiger partial charge >= 0.3 is 5.97 Å². The lowest BCUT2D eigenvalue weighted by Crippen LogP contribution is -2.60. The molecule has 1 aromatic carbocycles. The monoisotopic (exact) mass is 848 g/mol. The highest BCUT2D eigenvalue weighted by Gasteiger charge is 2.52. The molecule has 2 N–H and O–H groups in total. The molecule has 0 unspecified atom stereocenters. The number of aryl methyl sites for hydroxylation is 2. The zero-order chi connectivity index (χ0) is 42.2. The van der Waals surface area contributed by atoms with Gasteiger partial charge in [-0.05, 0) is 106 Å². The van der Waals surface area contributed by atoms with Crippen LogP contribution in [0.4, 0.5) is 5.69 Å². The number of fused-ring (bicyclic) bond motifs is 6. The number of nitrogens with zero attached hydrogens (tertiary/aromatic N) is 6. The summed E-state index contributed by atoms with van der Waals surface area (Å²) in [5.41, 5.74) is 12.7. The second-order valence-corrected chi connectivity index (χ2v) is 20.3. The lowest BCUT2D eigenvalue weighted by molar-refractivity contribution is -0.155. The van der Waals surface area contributed by atoms with Gasteiger partial charge in [0.15, 0.2) is 0 Å². The van der Waals surface area contributed by atoms with Crippen LogP contribution in [-0.2, 0) is 49.7 Å². The normalized spacial score (nSPS) is 26.2. The van der Waals surface area contributed by atoms with Crippen molar-refractivity contribution in [2.24, 2.45) is 23.2 Å². The molecule has 14 heteroatoms. The van der Waals surface area contributed by atoms with Crippen LogP contribution in [0.25, 0.3) is 33.4 Å². The van der Waals surface area contributed by atoms with Gasteiger partial charge in [0.1, 0.15) is 12.1 Å². The molecule has 10 rings (SSSR count). The first kappa shape index (κ1) is 40.7. The number of esters is 1. The van der Waals surface area contributed by atoms with Crippen LogP contribution >= 0.6 is 11.3 Å². The van der Waals surface area contributed by atoms with Crippen LogP contribution in [0.15, 0.2) is 29.8 Å². The van der Waals surface area contributed by atoms with Gasteiger partial charge in [-0.15, -0.1) is 11.3 Å². The zero-order valence-electron chi connectivity index (χ0n) is 36.3. The number of anilines is 1. The van der Waals surface area contributed by atoms with Gasteiger partial charge in [-0.25, -0.2) is 10.4 Å². The van der Waals surface area contributed by atoms with Crippen molar-refractivity contribution in [3.05, 3.63) is 51.6 Å². The second kappa shape index (κ2) is 16.1. The Morgan fingerprint density at radius 1 is 1.07 bits per heavy atom. The van der Waals surface area contributed by atoms with E-state index in [-0.39, 0.29) is 42.8 Å². The Bertz CT molecular complexity index is 2360. The number of likely N-dealkylation sites (N-methyl/N-ethyl adjacent to an activating group) is 1. The molecule has 2 amide bonds. The summed E-state index contributed by atoms with van der Waals surface area (Å²) in [6, 6.07) is 5.47. The molecule has 4 aliphatic heterocycles.